The second kappa shape index (κ2) is 6.34. The monoisotopic (exact) mass is 298 g/mol. The van der Waals surface area contributed by atoms with Crippen LogP contribution in [-0.2, 0) is 0 Å². The van der Waals surface area contributed by atoms with Crippen LogP contribution in [0, 0.1) is 0 Å². The zero-order valence-electron chi connectivity index (χ0n) is 10.9. The summed E-state index contributed by atoms with van der Waals surface area (Å²) in [5.74, 6) is 0.725. The number of nitrogens with zero attached hydrogens (tertiary/aromatic N) is 1. The highest BCUT2D eigenvalue weighted by Crippen LogP contribution is 2.28. The Bertz CT molecular complexity index is 467. The lowest BCUT2D eigenvalue weighted by Crippen LogP contribution is -2.43. The maximum atomic E-state index is 12.6. The molecule has 4 nitrogen and oxygen atoms in total. The third-order valence-electron chi connectivity index (χ3n) is 3.37. The van der Waals surface area contributed by atoms with Crippen molar-refractivity contribution in [3.8, 4) is 5.75 Å². The number of hydrogen-bond donors (Lipinski definition) is 1. The Morgan fingerprint density at radius 2 is 2.26 bits per heavy atom. The number of thiocarbonyl (C=S) groups is 1. The molecule has 0 saturated heterocycles. The van der Waals surface area contributed by atoms with Crippen molar-refractivity contribution in [3.05, 3.63) is 16.3 Å². The van der Waals surface area contributed by atoms with Gasteiger partial charge < -0.3 is 15.4 Å². The number of hydrogen-bond acceptors (Lipinski definition) is 4. The summed E-state index contributed by atoms with van der Waals surface area (Å²) >= 11 is 6.36. The Kier molecular flexibility index (Phi) is 4.76. The number of carbonyl (C=O) groups is 1. The predicted octanol–water partition coefficient (Wildman–Crippen LogP) is 2.43. The standard InChI is InChI=1S/C13H18N2O2S2/c1-17-10-6-11(19-8-10)13(16)15(7-12(14)18)9-4-2-3-5-9/h6,8-9H,2-5,7H2,1H3,(H2,14,18). The fourth-order valence-corrected chi connectivity index (χ4v) is 3.38. The highest BCUT2D eigenvalue weighted by Gasteiger charge is 2.28. The van der Waals surface area contributed by atoms with E-state index >= 15 is 0 Å². The Morgan fingerprint density at radius 3 is 2.79 bits per heavy atom. The van der Waals surface area contributed by atoms with Gasteiger partial charge >= 0.3 is 0 Å². The second-order valence-electron chi connectivity index (χ2n) is 4.69. The predicted molar refractivity (Wildman–Crippen MR) is 80.9 cm³/mol. The molecular formula is C13H18N2O2S2. The Labute approximate surface area is 122 Å². The molecule has 0 atom stereocenters. The number of thiophene rings is 1. The second-order valence-corrected chi connectivity index (χ2v) is 6.12. The number of nitrogens with two attached hydrogens (primary N) is 1. The van der Waals surface area contributed by atoms with Crippen LogP contribution in [0.5, 0.6) is 5.75 Å². The van der Waals surface area contributed by atoms with Crippen LogP contribution in [0.15, 0.2) is 11.4 Å². The van der Waals surface area contributed by atoms with Crippen molar-refractivity contribution in [1.82, 2.24) is 4.90 Å². The quantitative estimate of drug-likeness (QED) is 0.848. The normalized spacial score (nSPS) is 15.4. The summed E-state index contributed by atoms with van der Waals surface area (Å²) in [5.41, 5.74) is 5.62. The van der Waals surface area contributed by atoms with E-state index in [1.807, 2.05) is 10.3 Å². The lowest BCUT2D eigenvalue weighted by atomic mass is 10.2. The number of ether oxygens (including phenoxy) is 1. The molecule has 2 N–H and O–H groups in total. The first-order valence-electron chi connectivity index (χ1n) is 6.33. The van der Waals surface area contributed by atoms with Gasteiger partial charge in [-0.05, 0) is 12.8 Å². The van der Waals surface area contributed by atoms with Gasteiger partial charge in [0.15, 0.2) is 0 Å². The van der Waals surface area contributed by atoms with Gasteiger partial charge in [0.2, 0.25) is 0 Å². The molecule has 1 amide bonds. The molecule has 2 rings (SSSR count). The fraction of sp³-hybridized carbons (Fsp3) is 0.538. The molecule has 1 fully saturated rings. The van der Waals surface area contributed by atoms with Gasteiger partial charge in [-0.2, -0.15) is 0 Å². The largest absolute Gasteiger partial charge is 0.496 e. The molecule has 1 aromatic heterocycles. The van der Waals surface area contributed by atoms with E-state index < -0.39 is 0 Å². The SMILES string of the molecule is COc1csc(C(=O)N(CC(N)=S)C2CCCC2)c1. The van der Waals surface area contributed by atoms with Crippen LogP contribution in [0.1, 0.15) is 35.4 Å². The minimum absolute atomic E-state index is 0.00741. The molecule has 0 bridgehead atoms. The van der Waals surface area contributed by atoms with Crippen LogP contribution < -0.4 is 10.5 Å². The molecule has 1 saturated carbocycles. The zero-order valence-corrected chi connectivity index (χ0v) is 12.6. The van der Waals surface area contributed by atoms with Crippen molar-refractivity contribution in [2.75, 3.05) is 13.7 Å². The molecular weight excluding hydrogens is 280 g/mol. The third kappa shape index (κ3) is 3.45. The molecule has 6 heteroatoms. The Morgan fingerprint density at radius 1 is 1.58 bits per heavy atom. The summed E-state index contributed by atoms with van der Waals surface area (Å²) in [7, 11) is 1.60. The highest BCUT2D eigenvalue weighted by molar-refractivity contribution is 7.80. The lowest BCUT2D eigenvalue weighted by molar-refractivity contribution is 0.0719. The summed E-state index contributed by atoms with van der Waals surface area (Å²) in [4.78, 5) is 15.4. The number of carbonyl (C=O) groups excluding carboxylic acids is 1. The number of amides is 1. The van der Waals surface area contributed by atoms with Gasteiger partial charge in [-0.3, -0.25) is 4.79 Å². The van der Waals surface area contributed by atoms with Gasteiger partial charge in [0.25, 0.3) is 5.91 Å². The Balaban J connectivity index is 2.16. The Hall–Kier alpha value is -1.14. The maximum Gasteiger partial charge on any atom is 0.264 e. The fourth-order valence-electron chi connectivity index (χ4n) is 2.43. The average molecular weight is 298 g/mol. The van der Waals surface area contributed by atoms with E-state index in [4.69, 9.17) is 22.7 Å². The van der Waals surface area contributed by atoms with Crippen molar-refractivity contribution in [1.29, 1.82) is 0 Å². The van der Waals surface area contributed by atoms with Crippen molar-refractivity contribution in [2.24, 2.45) is 5.73 Å². The van der Waals surface area contributed by atoms with E-state index in [0.29, 0.717) is 16.4 Å². The molecule has 19 heavy (non-hydrogen) atoms. The summed E-state index contributed by atoms with van der Waals surface area (Å²) in [6.07, 6.45) is 4.41. The van der Waals surface area contributed by atoms with Gasteiger partial charge in [-0.1, -0.05) is 25.1 Å². The number of rotatable bonds is 5. The first-order chi connectivity index (χ1) is 9.11. The molecule has 1 aromatic rings. The lowest BCUT2D eigenvalue weighted by Gasteiger charge is -2.28. The van der Waals surface area contributed by atoms with E-state index in [1.54, 1.807) is 13.2 Å². The molecule has 0 aliphatic heterocycles. The van der Waals surface area contributed by atoms with E-state index in [-0.39, 0.29) is 11.9 Å². The zero-order chi connectivity index (χ0) is 13.8. The number of methoxy groups -OCH3 is 1. The van der Waals surface area contributed by atoms with Crippen LogP contribution in [0.2, 0.25) is 0 Å². The smallest absolute Gasteiger partial charge is 0.264 e. The van der Waals surface area contributed by atoms with E-state index in [0.717, 1.165) is 18.6 Å². The molecule has 0 aromatic carbocycles. The van der Waals surface area contributed by atoms with Crippen LogP contribution in [0.25, 0.3) is 0 Å². The molecule has 104 valence electrons. The van der Waals surface area contributed by atoms with E-state index in [1.165, 1.54) is 24.2 Å². The third-order valence-corrected chi connectivity index (χ3v) is 4.40. The topological polar surface area (TPSA) is 55.6 Å². The molecule has 0 radical (unpaired) electrons. The van der Waals surface area contributed by atoms with Gasteiger partial charge in [-0.15, -0.1) is 11.3 Å². The van der Waals surface area contributed by atoms with E-state index in [9.17, 15) is 4.79 Å². The van der Waals surface area contributed by atoms with Gasteiger partial charge in [0.05, 0.1) is 23.5 Å². The maximum absolute atomic E-state index is 12.6. The van der Waals surface area contributed by atoms with Crippen molar-refractivity contribution in [3.63, 3.8) is 0 Å². The minimum atomic E-state index is 0.00741. The van der Waals surface area contributed by atoms with Gasteiger partial charge in [0.1, 0.15) is 5.75 Å². The highest BCUT2D eigenvalue weighted by atomic mass is 32.1. The average Bonchev–Trinajstić information content (AvgIpc) is 3.05. The minimum Gasteiger partial charge on any atom is -0.496 e. The van der Waals surface area contributed by atoms with Crippen molar-refractivity contribution in [2.45, 2.75) is 31.7 Å². The van der Waals surface area contributed by atoms with Gasteiger partial charge in [-0.25, -0.2) is 0 Å². The molecule has 0 spiro atoms. The summed E-state index contributed by atoms with van der Waals surface area (Å²) in [5, 5.41) is 1.83. The van der Waals surface area contributed by atoms with Crippen LogP contribution in [-0.4, -0.2) is 35.5 Å². The van der Waals surface area contributed by atoms with E-state index in [2.05, 4.69) is 0 Å². The molecule has 1 aliphatic rings. The summed E-state index contributed by atoms with van der Waals surface area (Å²) in [6.45, 7) is 0.360. The molecule has 0 unspecified atom stereocenters. The molecule has 1 heterocycles. The van der Waals surface area contributed by atoms with Crippen molar-refractivity contribution < 1.29 is 9.53 Å². The molecule has 1 aliphatic carbocycles. The summed E-state index contributed by atoms with van der Waals surface area (Å²) < 4.78 is 5.12. The van der Waals surface area contributed by atoms with Crippen molar-refractivity contribution >= 4 is 34.5 Å². The van der Waals surface area contributed by atoms with Gasteiger partial charge in [0, 0.05) is 17.5 Å². The summed E-state index contributed by atoms with van der Waals surface area (Å²) in [6, 6.07) is 2.04. The first-order valence-corrected chi connectivity index (χ1v) is 7.62. The van der Waals surface area contributed by atoms with Crippen LogP contribution >= 0.6 is 23.6 Å². The van der Waals surface area contributed by atoms with Crippen LogP contribution in [0.3, 0.4) is 0 Å². The first kappa shape index (κ1) is 14.3. The van der Waals surface area contributed by atoms with Crippen LogP contribution in [0.4, 0.5) is 0 Å².